The van der Waals surface area contributed by atoms with E-state index in [2.05, 4.69) is 0 Å². The van der Waals surface area contributed by atoms with Gasteiger partial charge in [0.1, 0.15) is 5.82 Å². The van der Waals surface area contributed by atoms with Gasteiger partial charge >= 0.3 is 5.97 Å². The van der Waals surface area contributed by atoms with E-state index >= 15 is 0 Å². The molecule has 5 nitrogen and oxygen atoms in total. The van der Waals surface area contributed by atoms with Gasteiger partial charge in [0.05, 0.1) is 5.69 Å². The fourth-order valence-corrected chi connectivity index (χ4v) is 2.91. The maximum absolute atomic E-state index is 13.8. The molecule has 0 radical (unpaired) electrons. The van der Waals surface area contributed by atoms with Gasteiger partial charge in [-0.25, -0.2) is 9.18 Å². The van der Waals surface area contributed by atoms with E-state index in [1.165, 1.54) is 12.1 Å². The van der Waals surface area contributed by atoms with Gasteiger partial charge in [-0.15, -0.1) is 0 Å². The van der Waals surface area contributed by atoms with Gasteiger partial charge in [0.25, 0.3) is 5.91 Å². The summed E-state index contributed by atoms with van der Waals surface area (Å²) >= 11 is 0. The summed E-state index contributed by atoms with van der Waals surface area (Å²) in [5, 5.41) is 0. The van der Waals surface area contributed by atoms with Crippen LogP contribution in [0.15, 0.2) is 60.7 Å². The zero-order valence-corrected chi connectivity index (χ0v) is 14.9. The quantitative estimate of drug-likeness (QED) is 0.602. The molecule has 0 saturated carbocycles. The predicted octanol–water partition coefficient (Wildman–Crippen LogP) is 2.73. The lowest BCUT2D eigenvalue weighted by atomic mass is 10.2. The standard InChI is InChI=1S/C21H21FN2O3/c22-18-8-4-5-9-19(18)23-12-14-24(15-13-23)20(25)16-27-21(26)11-10-17-6-2-1-3-7-17/h1-11H,12-16H2/b11-10+. The van der Waals surface area contributed by atoms with E-state index in [4.69, 9.17) is 4.74 Å². The van der Waals surface area contributed by atoms with Crippen LogP contribution < -0.4 is 4.90 Å². The Morgan fingerprint density at radius 1 is 0.963 bits per heavy atom. The van der Waals surface area contributed by atoms with Crippen LogP contribution >= 0.6 is 0 Å². The molecule has 0 bridgehead atoms. The zero-order valence-electron chi connectivity index (χ0n) is 14.9. The molecule has 0 N–H and O–H groups in total. The van der Waals surface area contributed by atoms with E-state index in [-0.39, 0.29) is 18.3 Å². The topological polar surface area (TPSA) is 49.9 Å². The molecule has 0 spiro atoms. The summed E-state index contributed by atoms with van der Waals surface area (Å²) in [7, 11) is 0. The fraction of sp³-hybridized carbons (Fsp3) is 0.238. The number of nitrogens with zero attached hydrogens (tertiary/aromatic N) is 2. The smallest absolute Gasteiger partial charge is 0.331 e. The molecule has 1 heterocycles. The maximum Gasteiger partial charge on any atom is 0.331 e. The third-order valence-electron chi connectivity index (χ3n) is 4.37. The molecular weight excluding hydrogens is 347 g/mol. The molecule has 140 valence electrons. The van der Waals surface area contributed by atoms with E-state index in [1.54, 1.807) is 29.2 Å². The minimum atomic E-state index is -0.558. The van der Waals surface area contributed by atoms with E-state index in [0.29, 0.717) is 31.9 Å². The molecule has 27 heavy (non-hydrogen) atoms. The second kappa shape index (κ2) is 8.98. The van der Waals surface area contributed by atoms with Crippen molar-refractivity contribution in [3.8, 4) is 0 Å². The van der Waals surface area contributed by atoms with Crippen LogP contribution in [-0.4, -0.2) is 49.6 Å². The van der Waals surface area contributed by atoms with Crippen LogP contribution in [0.2, 0.25) is 0 Å². The Kier molecular flexibility index (Phi) is 6.20. The highest BCUT2D eigenvalue weighted by molar-refractivity contribution is 5.89. The third kappa shape index (κ3) is 5.17. The number of hydrogen-bond donors (Lipinski definition) is 0. The van der Waals surface area contributed by atoms with Crippen molar-refractivity contribution < 1.29 is 18.7 Å². The second-order valence-corrected chi connectivity index (χ2v) is 6.17. The summed E-state index contributed by atoms with van der Waals surface area (Å²) in [5.74, 6) is -1.07. The van der Waals surface area contributed by atoms with Crippen LogP contribution in [0.25, 0.3) is 6.08 Å². The highest BCUT2D eigenvalue weighted by Crippen LogP contribution is 2.20. The van der Waals surface area contributed by atoms with Crippen LogP contribution in [-0.2, 0) is 14.3 Å². The Morgan fingerprint density at radius 2 is 1.63 bits per heavy atom. The molecule has 2 aromatic carbocycles. The number of carbonyl (C=O) groups is 2. The van der Waals surface area contributed by atoms with E-state index in [1.807, 2.05) is 35.2 Å². The summed E-state index contributed by atoms with van der Waals surface area (Å²) in [4.78, 5) is 27.5. The molecule has 0 aromatic heterocycles. The number of benzene rings is 2. The Bertz CT molecular complexity index is 815. The summed E-state index contributed by atoms with van der Waals surface area (Å²) in [6.45, 7) is 1.70. The number of halogens is 1. The summed E-state index contributed by atoms with van der Waals surface area (Å²) in [6.07, 6.45) is 2.94. The number of esters is 1. The average molecular weight is 368 g/mol. The maximum atomic E-state index is 13.8. The summed E-state index contributed by atoms with van der Waals surface area (Å²) in [6, 6.07) is 16.0. The van der Waals surface area contributed by atoms with E-state index < -0.39 is 5.97 Å². The number of amides is 1. The molecule has 1 amide bonds. The van der Waals surface area contributed by atoms with E-state index in [0.717, 1.165) is 5.56 Å². The van der Waals surface area contributed by atoms with Crippen LogP contribution in [0, 0.1) is 5.82 Å². The molecule has 3 rings (SSSR count). The van der Waals surface area contributed by atoms with Crippen LogP contribution in [0.4, 0.5) is 10.1 Å². The van der Waals surface area contributed by atoms with Crippen molar-refractivity contribution in [2.24, 2.45) is 0 Å². The first kappa shape index (κ1) is 18.6. The van der Waals surface area contributed by atoms with Gasteiger partial charge in [-0.2, -0.15) is 0 Å². The highest BCUT2D eigenvalue weighted by atomic mass is 19.1. The van der Waals surface area contributed by atoms with Crippen molar-refractivity contribution in [1.82, 2.24) is 4.90 Å². The summed E-state index contributed by atoms with van der Waals surface area (Å²) < 4.78 is 18.9. The molecule has 2 aromatic rings. The van der Waals surface area contributed by atoms with Gasteiger partial charge < -0.3 is 14.5 Å². The monoisotopic (exact) mass is 368 g/mol. The first-order chi connectivity index (χ1) is 13.1. The van der Waals surface area contributed by atoms with Gasteiger partial charge in [0.15, 0.2) is 6.61 Å². The van der Waals surface area contributed by atoms with Crippen molar-refractivity contribution in [3.63, 3.8) is 0 Å². The minimum Gasteiger partial charge on any atom is -0.452 e. The van der Waals surface area contributed by atoms with Crippen molar-refractivity contribution in [2.75, 3.05) is 37.7 Å². The number of piperazine rings is 1. The number of carbonyl (C=O) groups excluding carboxylic acids is 2. The number of rotatable bonds is 5. The Labute approximate surface area is 157 Å². The third-order valence-corrected chi connectivity index (χ3v) is 4.37. The van der Waals surface area contributed by atoms with Gasteiger partial charge in [-0.1, -0.05) is 42.5 Å². The molecular formula is C21H21FN2O3. The number of ether oxygens (including phenoxy) is 1. The molecule has 1 aliphatic rings. The van der Waals surface area contributed by atoms with Gasteiger partial charge in [-0.05, 0) is 23.8 Å². The van der Waals surface area contributed by atoms with Crippen LogP contribution in [0.1, 0.15) is 5.56 Å². The van der Waals surface area contributed by atoms with Crippen molar-refractivity contribution in [1.29, 1.82) is 0 Å². The molecule has 1 aliphatic heterocycles. The second-order valence-electron chi connectivity index (χ2n) is 6.17. The predicted molar refractivity (Wildman–Crippen MR) is 102 cm³/mol. The Hall–Kier alpha value is -3.15. The van der Waals surface area contributed by atoms with Gasteiger partial charge in [0, 0.05) is 32.3 Å². The SMILES string of the molecule is O=C(/C=C/c1ccccc1)OCC(=O)N1CCN(c2ccccc2F)CC1. The molecule has 1 saturated heterocycles. The largest absolute Gasteiger partial charge is 0.452 e. The lowest BCUT2D eigenvalue weighted by Gasteiger charge is -2.36. The van der Waals surface area contributed by atoms with Crippen LogP contribution in [0.5, 0.6) is 0 Å². The minimum absolute atomic E-state index is 0.246. The normalized spacial score (nSPS) is 14.4. The summed E-state index contributed by atoms with van der Waals surface area (Å²) in [5.41, 5.74) is 1.42. The molecule has 6 heteroatoms. The first-order valence-electron chi connectivity index (χ1n) is 8.80. The van der Waals surface area contributed by atoms with Crippen molar-refractivity contribution >= 4 is 23.6 Å². The number of para-hydroxylation sites is 1. The zero-order chi connectivity index (χ0) is 19.1. The highest BCUT2D eigenvalue weighted by Gasteiger charge is 2.23. The first-order valence-corrected chi connectivity index (χ1v) is 8.80. The molecule has 0 atom stereocenters. The number of hydrogen-bond acceptors (Lipinski definition) is 4. The fourth-order valence-electron chi connectivity index (χ4n) is 2.91. The van der Waals surface area contributed by atoms with Crippen molar-refractivity contribution in [2.45, 2.75) is 0 Å². The van der Waals surface area contributed by atoms with Gasteiger partial charge in [-0.3, -0.25) is 4.79 Å². The molecule has 0 aliphatic carbocycles. The lowest BCUT2D eigenvalue weighted by molar-refractivity contribution is -0.148. The van der Waals surface area contributed by atoms with Gasteiger partial charge in [0.2, 0.25) is 0 Å². The molecule has 1 fully saturated rings. The average Bonchev–Trinajstić information content (AvgIpc) is 2.72. The Morgan fingerprint density at radius 3 is 2.33 bits per heavy atom. The van der Waals surface area contributed by atoms with Crippen molar-refractivity contribution in [3.05, 3.63) is 72.1 Å². The van der Waals surface area contributed by atoms with E-state index in [9.17, 15) is 14.0 Å². The Balaban J connectivity index is 1.44. The lowest BCUT2D eigenvalue weighted by Crippen LogP contribution is -2.50. The molecule has 0 unspecified atom stereocenters. The number of anilines is 1. The van der Waals surface area contributed by atoms with Crippen LogP contribution in [0.3, 0.4) is 0 Å².